The molecule has 0 saturated carbocycles. The Morgan fingerprint density at radius 3 is 1.34 bits per heavy atom. The average molecular weight is 1480 g/mol. The predicted octanol–water partition coefficient (Wildman–Crippen LogP) is 14.1. The van der Waals surface area contributed by atoms with Crippen molar-refractivity contribution in [3.8, 4) is 17.2 Å². The van der Waals surface area contributed by atoms with E-state index in [1.807, 2.05) is 132 Å². The molecule has 0 N–H and O–H groups in total. The van der Waals surface area contributed by atoms with E-state index in [2.05, 4.69) is 80.9 Å². The van der Waals surface area contributed by atoms with Gasteiger partial charge in [-0.25, -0.2) is 29.0 Å². The number of thiazole rings is 3. The maximum absolute atomic E-state index is 15.0. The molecule has 1 aliphatic heterocycles. The summed E-state index contributed by atoms with van der Waals surface area (Å²) < 4.78 is 57.5. The Kier molecular flexibility index (Phi) is 20.8. The van der Waals surface area contributed by atoms with Crippen molar-refractivity contribution in [3.63, 3.8) is 0 Å². The van der Waals surface area contributed by atoms with Crippen LogP contribution in [0.4, 0.5) is 8.78 Å². The summed E-state index contributed by atoms with van der Waals surface area (Å²) in [5, 5.41) is 16.4. The van der Waals surface area contributed by atoms with Gasteiger partial charge in [-0.05, 0) is 70.2 Å². The van der Waals surface area contributed by atoms with Crippen molar-refractivity contribution in [1.82, 2.24) is 58.0 Å². The van der Waals surface area contributed by atoms with Gasteiger partial charge in [0.05, 0.1) is 73.7 Å². The number of alkyl halides is 2. The fourth-order valence-electron chi connectivity index (χ4n) is 11.9. The van der Waals surface area contributed by atoms with E-state index in [9.17, 15) is 19.2 Å². The van der Waals surface area contributed by atoms with Crippen LogP contribution < -0.4 is 30.9 Å². The molecule has 15 aromatic rings. The molecule has 1 saturated heterocycles. The molecule has 16 rings (SSSR count). The Labute approximate surface area is 607 Å². The number of rotatable bonds is 16. The second-order valence-corrected chi connectivity index (χ2v) is 29.9. The van der Waals surface area contributed by atoms with Gasteiger partial charge >= 0.3 is 5.92 Å². The number of hydrogen-bond acceptors (Lipinski definition) is 20. The third-order valence-electron chi connectivity index (χ3n) is 16.8. The summed E-state index contributed by atoms with van der Waals surface area (Å²) >= 11 is 15.4. The largest absolute Gasteiger partial charge is 0.497 e. The molecule has 28 heteroatoms. The minimum Gasteiger partial charge on any atom is -0.497 e. The molecule has 0 unspecified atom stereocenters. The van der Waals surface area contributed by atoms with Crippen molar-refractivity contribution >= 4 is 152 Å². The molecular formula is C73H64F2N12O7S7. The lowest BCUT2D eigenvalue weighted by molar-refractivity contribution is 0.0427. The zero-order valence-electron chi connectivity index (χ0n) is 55.2. The number of benzene rings is 6. The number of aromatic nitrogens is 12. The zero-order valence-corrected chi connectivity index (χ0v) is 61.1. The first-order valence-electron chi connectivity index (χ1n) is 31.5. The van der Waals surface area contributed by atoms with Crippen molar-refractivity contribution < 1.29 is 27.8 Å². The van der Waals surface area contributed by atoms with Crippen molar-refractivity contribution in [2.45, 2.75) is 29.6 Å². The van der Waals surface area contributed by atoms with E-state index in [1.165, 1.54) is 43.1 Å². The quantitative estimate of drug-likeness (QED) is 0.0682. The van der Waals surface area contributed by atoms with E-state index in [1.54, 1.807) is 98.6 Å². The number of halogens is 2. The maximum Gasteiger partial charge on any atom is 0.324 e. The van der Waals surface area contributed by atoms with Crippen molar-refractivity contribution in [1.29, 1.82) is 0 Å². The van der Waals surface area contributed by atoms with E-state index in [0.717, 1.165) is 88.0 Å². The number of hydrogen-bond donors (Lipinski definition) is 2. The highest BCUT2D eigenvalue weighted by molar-refractivity contribution is 8.21. The number of carbonyl (C=O) groups excluding carboxylic acids is 1. The van der Waals surface area contributed by atoms with Gasteiger partial charge in [-0.2, -0.15) is 49.3 Å². The maximum atomic E-state index is 15.0. The van der Waals surface area contributed by atoms with E-state index < -0.39 is 5.92 Å². The van der Waals surface area contributed by atoms with Gasteiger partial charge < -0.3 is 27.9 Å². The second kappa shape index (κ2) is 30.0. The number of thiol groups is 2. The minimum atomic E-state index is -3.23. The third-order valence-corrected chi connectivity index (χ3v) is 24.8. The molecule has 0 atom stereocenters. The van der Waals surface area contributed by atoms with Gasteiger partial charge in [-0.15, -0.1) is 57.5 Å². The molecule has 514 valence electrons. The molecule has 9 aromatic heterocycles. The summed E-state index contributed by atoms with van der Waals surface area (Å²) in [7, 11) is 10.2. The van der Waals surface area contributed by atoms with Crippen LogP contribution in [-0.2, 0) is 50.8 Å². The van der Waals surface area contributed by atoms with Gasteiger partial charge in [-0.3, -0.25) is 19.2 Å². The van der Waals surface area contributed by atoms with E-state index in [-0.39, 0.29) is 43.7 Å². The van der Waals surface area contributed by atoms with Crippen LogP contribution >= 0.6 is 82.8 Å². The molecular weight excluding hydrogens is 1420 g/mol. The average Bonchev–Trinajstić information content (AvgIpc) is 1.59. The number of thioether (sulfide) groups is 2. The van der Waals surface area contributed by atoms with Crippen molar-refractivity contribution in [2.75, 3.05) is 44.3 Å². The predicted molar refractivity (Wildman–Crippen MR) is 410 cm³/mol. The van der Waals surface area contributed by atoms with Crippen LogP contribution in [0.5, 0.6) is 17.2 Å². The molecule has 6 aromatic carbocycles. The number of aryl methyl sites for hydroxylation is 3. The van der Waals surface area contributed by atoms with Crippen LogP contribution in [0.3, 0.4) is 0 Å². The standard InChI is InChI=1S/C25H22N4O2S3.C23H18F2N4O2S.C23H18N4O3S.C2H6S2/c1-28-20-19(14-26-29(23(20)30)15-16-7-6-10-18(13-16)31-2)21-22(28)27-24(34-21)25(32-11-12-33-25)17-8-4-3-5-9-17;1-28-18-17(12-26-29(21(18)30)13-14-7-6-10-16(11-14)31-2)19-20(28)27-22(32-19)23(24,25)15-8-4-3-5-9-15;1-26-18-17(12-24-27(23(18)29)13-14-7-6-10-16(11-14)30-2)20-21(26)25-22(31-20)19(28)15-8-4-3-5-9-15;3-1-2-4/h3-10,13-14H,11-12,15H2,1-2H3;3-12H,13H2,1-2H3;3-12H,13H2,1-2H3;3-4H,1-2H2. The molecule has 10 heterocycles. The van der Waals surface area contributed by atoms with Gasteiger partial charge in [0.15, 0.2) is 27.0 Å². The van der Waals surface area contributed by atoms with Crippen LogP contribution in [0, 0.1) is 0 Å². The number of fused-ring (bicyclic) bond motifs is 9. The smallest absolute Gasteiger partial charge is 0.324 e. The van der Waals surface area contributed by atoms with Crippen LogP contribution in [0.15, 0.2) is 197 Å². The van der Waals surface area contributed by atoms with Gasteiger partial charge in [0.2, 0.25) is 5.78 Å². The van der Waals surface area contributed by atoms with E-state index in [0.29, 0.717) is 72.7 Å². The zero-order chi connectivity index (χ0) is 70.7. The molecule has 0 bridgehead atoms. The van der Waals surface area contributed by atoms with Crippen LogP contribution in [0.2, 0.25) is 0 Å². The normalized spacial score (nSPS) is 12.7. The summed E-state index contributed by atoms with van der Waals surface area (Å²) in [6.45, 7) is 0.972. The first-order valence-corrected chi connectivity index (χ1v) is 37.2. The monoisotopic (exact) mass is 1480 g/mol. The fourth-order valence-corrected chi connectivity index (χ4v) is 18.8. The molecule has 0 amide bonds. The summed E-state index contributed by atoms with van der Waals surface area (Å²) in [5.74, 6) is 2.75. The van der Waals surface area contributed by atoms with E-state index in [4.69, 9.17) is 19.2 Å². The Morgan fingerprint density at radius 2 is 0.901 bits per heavy atom. The Bertz CT molecular complexity index is 5720. The molecule has 0 spiro atoms. The van der Waals surface area contributed by atoms with Crippen LogP contribution in [0.25, 0.3) is 63.8 Å². The van der Waals surface area contributed by atoms with Crippen molar-refractivity contribution in [2.24, 2.45) is 21.1 Å². The third kappa shape index (κ3) is 13.7. The van der Waals surface area contributed by atoms with Gasteiger partial charge in [0.25, 0.3) is 16.7 Å². The molecule has 101 heavy (non-hydrogen) atoms. The lowest BCUT2D eigenvalue weighted by Gasteiger charge is -2.25. The highest BCUT2D eigenvalue weighted by atomic mass is 32.2. The van der Waals surface area contributed by atoms with E-state index >= 15 is 8.78 Å². The Morgan fingerprint density at radius 1 is 0.505 bits per heavy atom. The number of ether oxygens (including phenoxy) is 3. The Balaban J connectivity index is 0.000000132. The number of nitrogens with zero attached hydrogens (tertiary/aromatic N) is 12. The Hall–Kier alpha value is -9.42. The van der Waals surface area contributed by atoms with Gasteiger partial charge in [0.1, 0.15) is 42.9 Å². The lowest BCUT2D eigenvalue weighted by Crippen LogP contribution is -2.24. The molecule has 1 fully saturated rings. The number of carbonyl (C=O) groups is 1. The molecule has 19 nitrogen and oxygen atoms in total. The first-order chi connectivity index (χ1) is 49.0. The highest BCUT2D eigenvalue weighted by Gasteiger charge is 2.43. The van der Waals surface area contributed by atoms with Crippen LogP contribution in [-0.4, -0.2) is 108 Å². The van der Waals surface area contributed by atoms with Gasteiger partial charge in [0, 0.05) is 59.9 Å². The summed E-state index contributed by atoms with van der Waals surface area (Å²) in [5.41, 5.74) is 7.17. The van der Waals surface area contributed by atoms with Crippen LogP contribution in [0.1, 0.15) is 53.2 Å². The minimum absolute atomic E-state index is 0.114. The van der Waals surface area contributed by atoms with Crippen molar-refractivity contribution in [3.05, 3.63) is 262 Å². The first kappa shape index (κ1) is 70.0. The lowest BCUT2D eigenvalue weighted by atomic mass is 10.1. The SMILES string of the molecule is COc1cccc(Cn2ncc3c4sc(C(=O)c5ccccc5)nc4n(C)c3c2=O)c1.COc1cccc(Cn2ncc3c4sc(C(F)(F)c5ccccc5)nc4n(C)c3c2=O)c1.COc1cccc(Cn2ncc3c4sc(C5(c6ccccc6)SCCS5)nc4n(C)c3c2=O)c1.SCCS. The molecule has 0 aliphatic carbocycles. The summed E-state index contributed by atoms with van der Waals surface area (Å²) in [6.07, 6.45) is 5.03. The molecule has 0 radical (unpaired) electrons. The summed E-state index contributed by atoms with van der Waals surface area (Å²) in [6, 6.07) is 49.9. The fraction of sp³-hybridized carbons (Fsp3) is 0.205. The summed E-state index contributed by atoms with van der Waals surface area (Å²) in [4.78, 5) is 66.4. The number of ketones is 1. The highest BCUT2D eigenvalue weighted by Crippen LogP contribution is 2.58. The van der Waals surface area contributed by atoms with Gasteiger partial charge in [-0.1, -0.05) is 127 Å². The second-order valence-electron chi connectivity index (χ2n) is 23.1. The topological polar surface area (TPSA) is 203 Å². The molecule has 1 aliphatic rings. The number of methoxy groups -OCH3 is 3.